The van der Waals surface area contributed by atoms with Crippen molar-refractivity contribution in [3.63, 3.8) is 0 Å². The Labute approximate surface area is 198 Å². The number of aryl methyl sites for hydroxylation is 1. The highest BCUT2D eigenvalue weighted by atomic mass is 19.1. The van der Waals surface area contributed by atoms with Gasteiger partial charge in [0.15, 0.2) is 0 Å². The number of amides is 1. The second-order valence-corrected chi connectivity index (χ2v) is 9.05. The van der Waals surface area contributed by atoms with Crippen molar-refractivity contribution in [3.8, 4) is 0 Å². The quantitative estimate of drug-likeness (QED) is 0.451. The Bertz CT molecular complexity index is 1170. The van der Waals surface area contributed by atoms with Crippen LogP contribution in [-0.4, -0.2) is 40.5 Å². The predicted octanol–water partition coefficient (Wildman–Crippen LogP) is 5.56. The molecular formula is C26H30FN3O4. The summed E-state index contributed by atoms with van der Waals surface area (Å²) >= 11 is 0. The number of carbonyl (C=O) groups excluding carboxylic acids is 1. The van der Waals surface area contributed by atoms with E-state index in [-0.39, 0.29) is 36.4 Å². The molecule has 4 rings (SSSR count). The molecule has 2 aromatic heterocycles. The Kier molecular flexibility index (Phi) is 7.14. The molecule has 180 valence electrons. The monoisotopic (exact) mass is 467 g/mol. The number of carboxylic acids is 1. The van der Waals surface area contributed by atoms with Crippen LogP contribution in [0, 0.1) is 18.7 Å². The van der Waals surface area contributed by atoms with Gasteiger partial charge < -0.3 is 19.7 Å². The average Bonchev–Trinajstić information content (AvgIpc) is 3.16. The van der Waals surface area contributed by atoms with Gasteiger partial charge in [-0.25, -0.2) is 9.37 Å². The highest BCUT2D eigenvalue weighted by Crippen LogP contribution is 2.40. The van der Waals surface area contributed by atoms with Gasteiger partial charge in [0.1, 0.15) is 22.9 Å². The lowest BCUT2D eigenvalue weighted by atomic mass is 9.82. The first-order chi connectivity index (χ1) is 16.3. The first-order valence-electron chi connectivity index (χ1n) is 11.7. The molecule has 1 aromatic carbocycles. The standard InChI is InChI=1S/C26H30FN3O4/c1-16-20-14-18(27)8-11-22(20)34-25(16)24(17-6-4-3-5-7-17)29-19-9-10-21(28-15-19)26(33)30(2)13-12-23(31)32/h8-11,14-15,17,24,29H,3-7,12-13H2,1-2H3,(H,31,32). The number of rotatable bonds is 8. The Balaban J connectivity index is 1.57. The summed E-state index contributed by atoms with van der Waals surface area (Å²) in [6.07, 6.45) is 7.18. The number of aromatic nitrogens is 1. The minimum Gasteiger partial charge on any atom is -0.481 e. The summed E-state index contributed by atoms with van der Waals surface area (Å²) in [5.41, 5.74) is 2.60. The molecule has 7 nitrogen and oxygen atoms in total. The van der Waals surface area contributed by atoms with E-state index in [0.717, 1.165) is 48.1 Å². The number of benzene rings is 1. The van der Waals surface area contributed by atoms with E-state index < -0.39 is 5.97 Å². The number of halogens is 1. The van der Waals surface area contributed by atoms with E-state index >= 15 is 0 Å². The fraction of sp³-hybridized carbons (Fsp3) is 0.423. The second-order valence-electron chi connectivity index (χ2n) is 9.05. The number of pyridine rings is 1. The first-order valence-corrected chi connectivity index (χ1v) is 11.7. The van der Waals surface area contributed by atoms with Crippen LogP contribution in [0.4, 0.5) is 10.1 Å². The summed E-state index contributed by atoms with van der Waals surface area (Å²) in [6, 6.07) is 7.93. The van der Waals surface area contributed by atoms with Crippen LogP contribution in [0.25, 0.3) is 11.0 Å². The summed E-state index contributed by atoms with van der Waals surface area (Å²) in [6.45, 7) is 2.08. The molecule has 2 N–H and O–H groups in total. The second kappa shape index (κ2) is 10.2. The highest BCUT2D eigenvalue weighted by molar-refractivity contribution is 5.92. The molecule has 0 radical (unpaired) electrons. The molecule has 8 heteroatoms. The minimum atomic E-state index is -0.954. The van der Waals surface area contributed by atoms with Crippen LogP contribution in [0.5, 0.6) is 0 Å². The average molecular weight is 468 g/mol. The van der Waals surface area contributed by atoms with Gasteiger partial charge in [-0.1, -0.05) is 19.3 Å². The van der Waals surface area contributed by atoms with E-state index in [0.29, 0.717) is 11.5 Å². The van der Waals surface area contributed by atoms with Crippen molar-refractivity contribution in [2.75, 3.05) is 18.9 Å². The molecule has 1 aliphatic carbocycles. The molecule has 0 bridgehead atoms. The van der Waals surface area contributed by atoms with Gasteiger partial charge in [-0.2, -0.15) is 0 Å². The molecule has 34 heavy (non-hydrogen) atoms. The van der Waals surface area contributed by atoms with Crippen LogP contribution in [0.2, 0.25) is 0 Å². The van der Waals surface area contributed by atoms with E-state index in [9.17, 15) is 14.0 Å². The van der Waals surface area contributed by atoms with Crippen molar-refractivity contribution in [3.05, 3.63) is 59.4 Å². The van der Waals surface area contributed by atoms with Crippen LogP contribution in [-0.2, 0) is 4.79 Å². The topological polar surface area (TPSA) is 95.7 Å². The number of nitrogens with zero attached hydrogens (tertiary/aromatic N) is 2. The molecule has 0 saturated heterocycles. The number of carbonyl (C=O) groups is 2. The minimum absolute atomic E-state index is 0.0997. The van der Waals surface area contributed by atoms with Crippen LogP contribution in [0.1, 0.15) is 66.4 Å². The lowest BCUT2D eigenvalue weighted by Gasteiger charge is -2.31. The third-order valence-corrected chi connectivity index (χ3v) is 6.65. The van der Waals surface area contributed by atoms with Crippen LogP contribution in [0.15, 0.2) is 40.9 Å². The van der Waals surface area contributed by atoms with Crippen molar-refractivity contribution in [2.24, 2.45) is 5.92 Å². The molecule has 1 saturated carbocycles. The van der Waals surface area contributed by atoms with E-state index in [2.05, 4.69) is 10.3 Å². The number of nitrogens with one attached hydrogen (secondary N) is 1. The van der Waals surface area contributed by atoms with Gasteiger partial charge >= 0.3 is 5.97 Å². The fourth-order valence-corrected chi connectivity index (χ4v) is 4.72. The van der Waals surface area contributed by atoms with E-state index in [4.69, 9.17) is 9.52 Å². The number of aliphatic carboxylic acids is 1. The van der Waals surface area contributed by atoms with Crippen molar-refractivity contribution in [1.82, 2.24) is 9.88 Å². The van der Waals surface area contributed by atoms with Gasteiger partial charge in [-0.15, -0.1) is 0 Å². The van der Waals surface area contributed by atoms with E-state index in [1.165, 1.54) is 23.5 Å². The number of fused-ring (bicyclic) bond motifs is 1. The third-order valence-electron chi connectivity index (χ3n) is 6.65. The number of anilines is 1. The first kappa shape index (κ1) is 23.7. The van der Waals surface area contributed by atoms with Crippen molar-refractivity contribution in [1.29, 1.82) is 0 Å². The normalized spacial score (nSPS) is 15.3. The zero-order valence-corrected chi connectivity index (χ0v) is 19.5. The molecule has 0 spiro atoms. The number of carboxylic acid groups (broad SMARTS) is 1. The number of hydrogen-bond donors (Lipinski definition) is 2. The largest absolute Gasteiger partial charge is 0.481 e. The van der Waals surface area contributed by atoms with Crippen molar-refractivity contribution < 1.29 is 23.5 Å². The summed E-state index contributed by atoms with van der Waals surface area (Å²) in [5, 5.41) is 13.2. The maximum absolute atomic E-state index is 13.9. The van der Waals surface area contributed by atoms with Crippen LogP contribution < -0.4 is 5.32 Å². The molecule has 1 atom stereocenters. The highest BCUT2D eigenvalue weighted by Gasteiger charge is 2.30. The molecule has 1 fully saturated rings. The zero-order valence-electron chi connectivity index (χ0n) is 19.5. The lowest BCUT2D eigenvalue weighted by Crippen LogP contribution is -2.29. The van der Waals surface area contributed by atoms with Crippen molar-refractivity contribution >= 4 is 28.5 Å². The molecule has 1 aliphatic rings. The summed E-state index contributed by atoms with van der Waals surface area (Å²) in [7, 11) is 1.56. The molecule has 0 aliphatic heterocycles. The lowest BCUT2D eigenvalue weighted by molar-refractivity contribution is -0.137. The van der Waals surface area contributed by atoms with Gasteiger partial charge in [-0.3, -0.25) is 9.59 Å². The SMILES string of the molecule is Cc1c(C(Nc2ccc(C(=O)N(C)CCC(=O)O)nc2)C2CCCCC2)oc2ccc(F)cc12. The Morgan fingerprint density at radius 1 is 1.24 bits per heavy atom. The van der Waals surface area contributed by atoms with Crippen molar-refractivity contribution in [2.45, 2.75) is 51.5 Å². The fourth-order valence-electron chi connectivity index (χ4n) is 4.72. The summed E-state index contributed by atoms with van der Waals surface area (Å²) in [4.78, 5) is 29.0. The summed E-state index contributed by atoms with van der Waals surface area (Å²) < 4.78 is 20.1. The maximum Gasteiger partial charge on any atom is 0.305 e. The van der Waals surface area contributed by atoms with E-state index in [1.807, 2.05) is 6.92 Å². The van der Waals surface area contributed by atoms with E-state index in [1.54, 1.807) is 31.4 Å². The Hall–Kier alpha value is -3.42. The Morgan fingerprint density at radius 3 is 2.68 bits per heavy atom. The van der Waals surface area contributed by atoms with Gasteiger partial charge in [0.2, 0.25) is 0 Å². The molecule has 1 amide bonds. The zero-order chi connectivity index (χ0) is 24.2. The molecule has 2 heterocycles. The molecular weight excluding hydrogens is 437 g/mol. The van der Waals surface area contributed by atoms with Crippen LogP contribution in [0.3, 0.4) is 0 Å². The summed E-state index contributed by atoms with van der Waals surface area (Å²) in [5.74, 6) is -0.401. The van der Waals surface area contributed by atoms with Crippen LogP contribution >= 0.6 is 0 Å². The third kappa shape index (κ3) is 5.21. The number of hydrogen-bond acceptors (Lipinski definition) is 5. The Morgan fingerprint density at radius 2 is 2.00 bits per heavy atom. The smallest absolute Gasteiger partial charge is 0.305 e. The van der Waals surface area contributed by atoms with Gasteiger partial charge in [0.05, 0.1) is 24.3 Å². The van der Waals surface area contributed by atoms with Gasteiger partial charge in [0, 0.05) is 24.5 Å². The van der Waals surface area contributed by atoms with Gasteiger partial charge in [0.25, 0.3) is 5.91 Å². The molecule has 1 unspecified atom stereocenters. The number of furan rings is 1. The maximum atomic E-state index is 13.9. The van der Waals surface area contributed by atoms with Gasteiger partial charge in [-0.05, 0) is 56.0 Å². The predicted molar refractivity (Wildman–Crippen MR) is 127 cm³/mol. The molecule has 3 aromatic rings.